The fourth-order valence-corrected chi connectivity index (χ4v) is 6.34. The number of nitrogens with zero attached hydrogens (tertiary/aromatic N) is 4. The van der Waals surface area contributed by atoms with E-state index in [9.17, 15) is 53.3 Å². The van der Waals surface area contributed by atoms with Gasteiger partial charge in [0.05, 0.1) is 33.2 Å². The molecule has 268 valence electrons. The van der Waals surface area contributed by atoms with E-state index in [-0.39, 0.29) is 17.0 Å². The fraction of sp³-hybridized carbons (Fsp3) is 0. The third kappa shape index (κ3) is 8.04. The predicted octanol–water partition coefficient (Wildman–Crippen LogP) is 3.02. The SMILES string of the molecule is Nc1c(N=Nc2cc(S(=O)(=O)O)ccc2S(=O)(=O)O)cc(S(=O)(=O)O)c2c1C(=O)/C(=N/Nc1ccc(N/N=C3/C=CC(=O)C(C(=O)O)=C3)cc1)C=C2. The summed E-state index contributed by atoms with van der Waals surface area (Å²) in [6.45, 7) is 0. The van der Waals surface area contributed by atoms with E-state index < -0.39 is 90.8 Å². The number of hydrogen-bond donors (Lipinski definition) is 7. The quantitative estimate of drug-likeness (QED) is 0.0389. The number of carboxylic acid groups (broad SMARTS) is 1. The zero-order valence-electron chi connectivity index (χ0n) is 25.6. The Labute approximate surface area is 292 Å². The first-order valence-electron chi connectivity index (χ1n) is 13.9. The number of rotatable bonds is 10. The van der Waals surface area contributed by atoms with E-state index in [0.29, 0.717) is 35.6 Å². The van der Waals surface area contributed by atoms with Crippen LogP contribution in [0.25, 0.3) is 6.08 Å². The number of nitrogens with one attached hydrogen (secondary N) is 2. The molecule has 2 aliphatic carbocycles. The first-order valence-corrected chi connectivity index (χ1v) is 18.2. The van der Waals surface area contributed by atoms with Crippen LogP contribution < -0.4 is 16.6 Å². The Kier molecular flexibility index (Phi) is 9.84. The number of Topliss-reactive ketones (excluding diaryl/α,β-unsaturated/α-hetero) is 1. The Bertz CT molecular complexity index is 2610. The second-order valence-electron chi connectivity index (χ2n) is 10.4. The van der Waals surface area contributed by atoms with E-state index in [4.69, 9.17) is 10.8 Å². The van der Waals surface area contributed by atoms with Gasteiger partial charge in [-0.25, -0.2) is 4.79 Å². The standard InChI is InChI=1S/C29H21N7O13S3/c30-27-22(36-35-21-12-17(50(41,42)43)6-10-24(21)51(44,45)46)13-25(52(47,48)49)18-7-8-20(28(38)26(18)27)34-32-15-3-1-14(2-4-15)31-33-16-5-9-23(37)19(11-16)29(39)40/h1-13,31-32H,30H2,(H,39,40)(H,41,42,43)(H,44,45,46)(H,47,48,49)/b33-16-,34-20+,36-35?. The van der Waals surface area contributed by atoms with E-state index in [0.717, 1.165) is 24.3 Å². The molecule has 0 aromatic heterocycles. The zero-order valence-corrected chi connectivity index (χ0v) is 28.0. The lowest BCUT2D eigenvalue weighted by atomic mass is 9.92. The zero-order chi connectivity index (χ0) is 38.2. The molecule has 2 aliphatic rings. The van der Waals surface area contributed by atoms with Crippen molar-refractivity contribution in [3.05, 3.63) is 89.5 Å². The van der Waals surface area contributed by atoms with Gasteiger partial charge in [0.25, 0.3) is 30.4 Å². The van der Waals surface area contributed by atoms with Crippen LogP contribution in [0.15, 0.2) is 114 Å². The molecule has 0 saturated heterocycles. The van der Waals surface area contributed by atoms with Gasteiger partial charge in [-0.1, -0.05) is 6.08 Å². The lowest BCUT2D eigenvalue weighted by molar-refractivity contribution is -0.134. The summed E-state index contributed by atoms with van der Waals surface area (Å²) >= 11 is 0. The van der Waals surface area contributed by atoms with Gasteiger partial charge >= 0.3 is 5.97 Å². The molecule has 5 rings (SSSR count). The second-order valence-corrected chi connectivity index (χ2v) is 14.6. The van der Waals surface area contributed by atoms with Crippen molar-refractivity contribution < 1.29 is 58.4 Å². The van der Waals surface area contributed by atoms with Crippen LogP contribution >= 0.6 is 0 Å². The maximum Gasteiger partial charge on any atom is 0.339 e. The molecule has 0 saturated carbocycles. The van der Waals surface area contributed by atoms with Crippen molar-refractivity contribution in [1.82, 2.24) is 0 Å². The molecule has 3 aromatic carbocycles. The maximum absolute atomic E-state index is 13.5. The molecule has 0 radical (unpaired) electrons. The van der Waals surface area contributed by atoms with Gasteiger partial charge in [0, 0.05) is 5.56 Å². The highest BCUT2D eigenvalue weighted by Crippen LogP contribution is 2.39. The number of allylic oxidation sites excluding steroid dienone is 4. The van der Waals surface area contributed by atoms with E-state index in [1.807, 2.05) is 0 Å². The van der Waals surface area contributed by atoms with Gasteiger partial charge in [-0.2, -0.15) is 35.5 Å². The molecule has 3 aromatic rings. The van der Waals surface area contributed by atoms with E-state index in [1.54, 1.807) is 0 Å². The number of fused-ring (bicyclic) bond motifs is 1. The Morgan fingerprint density at radius 2 is 1.29 bits per heavy atom. The summed E-state index contributed by atoms with van der Waals surface area (Å²) in [4.78, 5) is 33.7. The molecule has 0 fully saturated rings. The largest absolute Gasteiger partial charge is 0.478 e. The monoisotopic (exact) mass is 771 g/mol. The Hall–Kier alpha value is -6.24. The third-order valence-electron chi connectivity index (χ3n) is 6.96. The number of nitrogens with two attached hydrogens (primary N) is 1. The summed E-state index contributed by atoms with van der Waals surface area (Å²) < 4.78 is 100. The molecule has 8 N–H and O–H groups in total. The molecule has 52 heavy (non-hydrogen) atoms. The van der Waals surface area contributed by atoms with Gasteiger partial charge in [0.15, 0.2) is 5.78 Å². The van der Waals surface area contributed by atoms with Gasteiger partial charge < -0.3 is 10.8 Å². The Morgan fingerprint density at radius 3 is 1.87 bits per heavy atom. The van der Waals surface area contributed by atoms with Crippen LogP contribution in [-0.4, -0.2) is 73.0 Å². The minimum atomic E-state index is -5.07. The minimum absolute atomic E-state index is 0.170. The summed E-state index contributed by atoms with van der Waals surface area (Å²) in [5.74, 6) is -3.04. The topological polar surface area (TPSA) is 334 Å². The number of nitrogen functional groups attached to an aromatic ring is 1. The number of hydrazone groups is 2. The van der Waals surface area contributed by atoms with Crippen molar-refractivity contribution in [1.29, 1.82) is 0 Å². The normalized spacial score (nSPS) is 16.3. The molecule has 0 heterocycles. The van der Waals surface area contributed by atoms with Crippen LogP contribution in [-0.2, 0) is 39.9 Å². The molecule has 0 aliphatic heterocycles. The lowest BCUT2D eigenvalue weighted by Crippen LogP contribution is -2.21. The van der Waals surface area contributed by atoms with Crippen LogP contribution in [0.5, 0.6) is 0 Å². The highest BCUT2D eigenvalue weighted by Gasteiger charge is 2.31. The van der Waals surface area contributed by atoms with Gasteiger partial charge in [-0.3, -0.25) is 34.1 Å². The summed E-state index contributed by atoms with van der Waals surface area (Å²) in [7, 11) is -15.0. The van der Waals surface area contributed by atoms with Gasteiger partial charge in [0.1, 0.15) is 32.5 Å². The number of ketones is 2. The fourth-order valence-electron chi connectivity index (χ4n) is 4.53. The van der Waals surface area contributed by atoms with Crippen LogP contribution in [0, 0.1) is 0 Å². The van der Waals surface area contributed by atoms with Crippen molar-refractivity contribution in [3.63, 3.8) is 0 Å². The summed E-state index contributed by atoms with van der Waals surface area (Å²) in [5, 5.41) is 24.4. The predicted molar refractivity (Wildman–Crippen MR) is 183 cm³/mol. The Morgan fingerprint density at radius 1 is 0.692 bits per heavy atom. The molecular weight excluding hydrogens is 751 g/mol. The van der Waals surface area contributed by atoms with Crippen molar-refractivity contribution in [2.75, 3.05) is 16.6 Å². The third-order valence-corrected chi connectivity index (χ3v) is 9.61. The average Bonchev–Trinajstić information content (AvgIpc) is 3.06. The molecule has 23 heteroatoms. The molecule has 0 bridgehead atoms. The number of carboxylic acids is 1. The molecular formula is C29H21N7O13S3. The highest BCUT2D eigenvalue weighted by atomic mass is 32.2. The number of azo groups is 1. The van der Waals surface area contributed by atoms with E-state index >= 15 is 0 Å². The maximum atomic E-state index is 13.5. The summed E-state index contributed by atoms with van der Waals surface area (Å²) in [6.07, 6.45) is 5.73. The van der Waals surface area contributed by atoms with E-state index in [1.165, 1.54) is 30.3 Å². The van der Waals surface area contributed by atoms with Crippen molar-refractivity contribution in [2.24, 2.45) is 20.4 Å². The molecule has 0 unspecified atom stereocenters. The molecule has 0 spiro atoms. The molecule has 0 amide bonds. The van der Waals surface area contributed by atoms with Crippen LogP contribution in [0.4, 0.5) is 28.4 Å². The highest BCUT2D eigenvalue weighted by molar-refractivity contribution is 7.86. The smallest absolute Gasteiger partial charge is 0.339 e. The van der Waals surface area contributed by atoms with Crippen molar-refractivity contribution in [3.8, 4) is 0 Å². The summed E-state index contributed by atoms with van der Waals surface area (Å²) in [5.41, 5.74) is 8.82. The summed E-state index contributed by atoms with van der Waals surface area (Å²) in [6, 6.07) is 8.58. The minimum Gasteiger partial charge on any atom is -0.478 e. The van der Waals surface area contributed by atoms with Crippen molar-refractivity contribution >= 4 is 93.8 Å². The number of carbonyl (C=O) groups is 3. The lowest BCUT2D eigenvalue weighted by Gasteiger charge is -2.17. The first-order chi connectivity index (χ1) is 24.2. The number of hydrogen-bond acceptors (Lipinski definition) is 16. The van der Waals surface area contributed by atoms with Crippen LogP contribution in [0.2, 0.25) is 0 Å². The van der Waals surface area contributed by atoms with Crippen LogP contribution in [0.3, 0.4) is 0 Å². The first kappa shape index (κ1) is 37.0. The van der Waals surface area contributed by atoms with Crippen molar-refractivity contribution in [2.45, 2.75) is 14.7 Å². The Balaban J connectivity index is 1.44. The molecule has 20 nitrogen and oxygen atoms in total. The van der Waals surface area contributed by atoms with Gasteiger partial charge in [-0.15, -0.1) is 10.2 Å². The number of benzene rings is 3. The number of aliphatic carboxylic acids is 1. The van der Waals surface area contributed by atoms with Gasteiger partial charge in [-0.05, 0) is 72.8 Å². The van der Waals surface area contributed by atoms with E-state index in [2.05, 4.69) is 31.3 Å². The molecule has 0 atom stereocenters. The van der Waals surface area contributed by atoms with Gasteiger partial charge in [0.2, 0.25) is 5.78 Å². The average molecular weight is 772 g/mol. The second kappa shape index (κ2) is 13.8. The van der Waals surface area contributed by atoms with Crippen LogP contribution in [0.1, 0.15) is 15.9 Å². The number of anilines is 3. The number of carbonyl (C=O) groups excluding carboxylic acids is 2.